The summed E-state index contributed by atoms with van der Waals surface area (Å²) in [5, 5.41) is -0.702. The molecule has 2 heterocycles. The topological polar surface area (TPSA) is 76.2 Å². The van der Waals surface area contributed by atoms with Crippen LogP contribution < -0.4 is 14.4 Å². The van der Waals surface area contributed by atoms with E-state index in [4.69, 9.17) is 9.47 Å². The Kier molecular flexibility index (Phi) is 7.17. The average molecular weight is 535 g/mol. The van der Waals surface area contributed by atoms with E-state index >= 15 is 0 Å². The van der Waals surface area contributed by atoms with Gasteiger partial charge in [0.15, 0.2) is 0 Å². The van der Waals surface area contributed by atoms with E-state index in [1.54, 1.807) is 35.1 Å². The molecule has 0 aromatic heterocycles. The molecule has 0 bridgehead atoms. The number of rotatable bonds is 5. The molecule has 0 aliphatic carbocycles. The zero-order valence-electron chi connectivity index (χ0n) is 20.6. The van der Waals surface area contributed by atoms with Gasteiger partial charge in [0.2, 0.25) is 11.8 Å². The quantitative estimate of drug-likeness (QED) is 0.320. The van der Waals surface area contributed by atoms with E-state index in [1.165, 1.54) is 37.4 Å². The lowest BCUT2D eigenvalue weighted by atomic mass is 10.1. The maximum Gasteiger partial charge on any atom is 0.335 e. The second kappa shape index (κ2) is 10.5. The van der Waals surface area contributed by atoms with Crippen LogP contribution in [0.2, 0.25) is 0 Å². The van der Waals surface area contributed by atoms with Gasteiger partial charge >= 0.3 is 5.97 Å². The molecule has 3 aromatic carbocycles. The highest BCUT2D eigenvalue weighted by Gasteiger charge is 2.43. The van der Waals surface area contributed by atoms with E-state index in [9.17, 15) is 14.4 Å². The number of amides is 2. The van der Waals surface area contributed by atoms with E-state index in [0.717, 1.165) is 16.1 Å². The SMILES string of the molecule is COc1ccc(OC(=O)C2CSC(c3ccccc3)N2C(C)=O)c(C2Sc3ccccc3N2C(C)=O)c1. The first-order chi connectivity index (χ1) is 17.9. The zero-order chi connectivity index (χ0) is 26.1. The van der Waals surface area contributed by atoms with Crippen LogP contribution in [0.3, 0.4) is 0 Å². The van der Waals surface area contributed by atoms with Gasteiger partial charge in [-0.2, -0.15) is 0 Å². The molecule has 3 atom stereocenters. The van der Waals surface area contributed by atoms with Gasteiger partial charge in [-0.05, 0) is 35.9 Å². The van der Waals surface area contributed by atoms with Crippen LogP contribution in [0, 0.1) is 0 Å². The largest absolute Gasteiger partial charge is 0.497 e. The van der Waals surface area contributed by atoms with Gasteiger partial charge in [-0.25, -0.2) is 4.79 Å². The number of anilines is 1. The summed E-state index contributed by atoms with van der Waals surface area (Å²) in [6, 6.07) is 21.8. The van der Waals surface area contributed by atoms with Crippen molar-refractivity contribution in [3.05, 3.63) is 83.9 Å². The molecule has 2 aliphatic rings. The van der Waals surface area contributed by atoms with Gasteiger partial charge in [-0.15, -0.1) is 11.8 Å². The first-order valence-corrected chi connectivity index (χ1v) is 13.7. The van der Waals surface area contributed by atoms with Crippen LogP contribution in [-0.2, 0) is 14.4 Å². The predicted octanol–water partition coefficient (Wildman–Crippen LogP) is 5.42. The number of esters is 1. The Hall–Kier alpha value is -3.43. The molecule has 0 spiro atoms. The summed E-state index contributed by atoms with van der Waals surface area (Å²) < 4.78 is 11.4. The van der Waals surface area contributed by atoms with Gasteiger partial charge in [0.25, 0.3) is 0 Å². The molecule has 5 rings (SSSR count). The van der Waals surface area contributed by atoms with Crippen LogP contribution in [0.5, 0.6) is 11.5 Å². The minimum Gasteiger partial charge on any atom is -0.497 e. The molecule has 2 aliphatic heterocycles. The number of benzene rings is 3. The van der Waals surface area contributed by atoms with Crippen LogP contribution in [0.1, 0.15) is 35.7 Å². The molecule has 0 saturated carbocycles. The van der Waals surface area contributed by atoms with Crippen LogP contribution in [0.4, 0.5) is 5.69 Å². The van der Waals surface area contributed by atoms with E-state index in [2.05, 4.69) is 0 Å². The first kappa shape index (κ1) is 25.2. The van der Waals surface area contributed by atoms with Gasteiger partial charge in [-0.3, -0.25) is 14.5 Å². The fourth-order valence-electron chi connectivity index (χ4n) is 4.66. The molecule has 9 heteroatoms. The summed E-state index contributed by atoms with van der Waals surface area (Å²) in [5.41, 5.74) is 2.41. The van der Waals surface area contributed by atoms with Gasteiger partial charge in [-0.1, -0.05) is 54.2 Å². The highest BCUT2D eigenvalue weighted by molar-refractivity contribution is 8.00. The van der Waals surface area contributed by atoms with Crippen molar-refractivity contribution >= 4 is 47.0 Å². The number of fused-ring (bicyclic) bond motifs is 1. The normalized spacial score (nSPS) is 20.5. The van der Waals surface area contributed by atoms with Crippen molar-refractivity contribution in [1.29, 1.82) is 0 Å². The van der Waals surface area contributed by atoms with Crippen molar-refractivity contribution in [3.63, 3.8) is 0 Å². The van der Waals surface area contributed by atoms with E-state index in [1.807, 2.05) is 54.6 Å². The summed E-state index contributed by atoms with van der Waals surface area (Å²) in [7, 11) is 1.56. The van der Waals surface area contributed by atoms with Gasteiger partial charge in [0, 0.05) is 30.1 Å². The minimum absolute atomic E-state index is 0.122. The van der Waals surface area contributed by atoms with E-state index in [0.29, 0.717) is 22.8 Å². The molecular weight excluding hydrogens is 508 g/mol. The third-order valence-corrected chi connectivity index (χ3v) is 8.96. The molecule has 7 nitrogen and oxygen atoms in total. The summed E-state index contributed by atoms with van der Waals surface area (Å²) >= 11 is 3.05. The Labute approximate surface area is 224 Å². The number of methoxy groups -OCH3 is 1. The third kappa shape index (κ3) is 4.81. The maximum absolute atomic E-state index is 13.5. The third-order valence-electron chi connectivity index (χ3n) is 6.35. The Morgan fingerprint density at radius 2 is 1.62 bits per heavy atom. The smallest absolute Gasteiger partial charge is 0.335 e. The van der Waals surface area contributed by atoms with Gasteiger partial charge in [0.05, 0.1) is 12.8 Å². The molecule has 3 unspecified atom stereocenters. The number of hydrogen-bond donors (Lipinski definition) is 0. The average Bonchev–Trinajstić information content (AvgIpc) is 3.52. The molecule has 3 aromatic rings. The Morgan fingerprint density at radius 3 is 2.32 bits per heavy atom. The number of thioether (sulfide) groups is 2. The van der Waals surface area contributed by atoms with Crippen LogP contribution in [0.25, 0.3) is 0 Å². The number of carbonyl (C=O) groups excluding carboxylic acids is 3. The summed E-state index contributed by atoms with van der Waals surface area (Å²) in [6.45, 7) is 2.99. The molecule has 37 heavy (non-hydrogen) atoms. The monoisotopic (exact) mass is 534 g/mol. The molecule has 1 fully saturated rings. The summed E-state index contributed by atoms with van der Waals surface area (Å²) in [4.78, 5) is 43.1. The number of para-hydroxylation sites is 1. The highest BCUT2D eigenvalue weighted by atomic mass is 32.2. The number of nitrogens with zero attached hydrogens (tertiary/aromatic N) is 2. The second-order valence-electron chi connectivity index (χ2n) is 8.69. The Balaban J connectivity index is 1.46. The molecule has 1 saturated heterocycles. The lowest BCUT2D eigenvalue weighted by Gasteiger charge is -2.28. The minimum atomic E-state index is -0.736. The van der Waals surface area contributed by atoms with E-state index in [-0.39, 0.29) is 17.2 Å². The highest BCUT2D eigenvalue weighted by Crippen LogP contribution is 2.53. The molecule has 0 N–H and O–H groups in total. The van der Waals surface area contributed by atoms with Crippen LogP contribution >= 0.6 is 23.5 Å². The van der Waals surface area contributed by atoms with Crippen LogP contribution in [-0.4, -0.2) is 41.6 Å². The number of carbonyl (C=O) groups is 3. The number of hydrogen-bond acceptors (Lipinski definition) is 7. The van der Waals surface area contributed by atoms with Gasteiger partial charge < -0.3 is 14.4 Å². The fourth-order valence-corrected chi connectivity index (χ4v) is 7.49. The van der Waals surface area contributed by atoms with Crippen molar-refractivity contribution in [1.82, 2.24) is 4.90 Å². The zero-order valence-corrected chi connectivity index (χ0v) is 22.3. The van der Waals surface area contributed by atoms with Crippen molar-refractivity contribution in [2.24, 2.45) is 0 Å². The predicted molar refractivity (Wildman–Crippen MR) is 145 cm³/mol. The Morgan fingerprint density at radius 1 is 0.892 bits per heavy atom. The maximum atomic E-state index is 13.5. The molecule has 0 radical (unpaired) electrons. The molecular formula is C28H26N2O5S2. The summed E-state index contributed by atoms with van der Waals surface area (Å²) in [6.07, 6.45) is 0. The van der Waals surface area contributed by atoms with Crippen molar-refractivity contribution in [2.45, 2.75) is 35.5 Å². The lowest BCUT2D eigenvalue weighted by Crippen LogP contribution is -2.44. The van der Waals surface area contributed by atoms with Crippen molar-refractivity contribution in [3.8, 4) is 11.5 Å². The first-order valence-electron chi connectivity index (χ1n) is 11.8. The fraction of sp³-hybridized carbons (Fsp3) is 0.250. The lowest BCUT2D eigenvalue weighted by molar-refractivity contribution is -0.146. The second-order valence-corrected chi connectivity index (χ2v) is 10.9. The number of ether oxygens (including phenoxy) is 2. The molecule has 2 amide bonds. The molecule has 190 valence electrons. The van der Waals surface area contributed by atoms with Crippen molar-refractivity contribution < 1.29 is 23.9 Å². The van der Waals surface area contributed by atoms with Gasteiger partial charge in [0.1, 0.15) is 28.3 Å². The van der Waals surface area contributed by atoms with Crippen LogP contribution in [0.15, 0.2) is 77.7 Å². The van der Waals surface area contributed by atoms with Crippen molar-refractivity contribution in [2.75, 3.05) is 17.8 Å². The van der Waals surface area contributed by atoms with E-state index < -0.39 is 17.4 Å². The standard InChI is InChI=1S/C28H26N2O5S2/c1-17(31)29-22-11-7-8-12-25(22)37-27(29)21-15-20(34-3)13-14-24(21)35-28(33)23-16-36-26(30(23)18(2)32)19-9-5-4-6-10-19/h4-15,23,26-27H,16H2,1-3H3. The Bertz CT molecular complexity index is 1350. The summed E-state index contributed by atoms with van der Waals surface area (Å²) in [5.74, 6) is 0.512.